The van der Waals surface area contributed by atoms with Gasteiger partial charge in [0.05, 0.1) is 11.1 Å². The minimum atomic E-state index is -4.84. The van der Waals surface area contributed by atoms with Gasteiger partial charge >= 0.3 is 6.18 Å². The number of hydrogen-bond donors (Lipinski definition) is 2. The third kappa shape index (κ3) is 3.70. The van der Waals surface area contributed by atoms with Gasteiger partial charge in [-0.25, -0.2) is 8.78 Å². The number of benzene rings is 1. The van der Waals surface area contributed by atoms with Crippen LogP contribution in [0.2, 0.25) is 0 Å². The van der Waals surface area contributed by atoms with Gasteiger partial charge < -0.3 is 10.4 Å². The second-order valence-corrected chi connectivity index (χ2v) is 4.92. The second-order valence-electron chi connectivity index (χ2n) is 4.92. The molecule has 1 amide bonds. The predicted octanol–water partition coefficient (Wildman–Crippen LogP) is 2.18. The monoisotopic (exact) mass is 349 g/mol. The Morgan fingerprint density at radius 3 is 2.46 bits per heavy atom. The maximum Gasteiger partial charge on any atom is 0.435 e. The van der Waals surface area contributed by atoms with Gasteiger partial charge in [0.1, 0.15) is 17.7 Å². The molecular weight excluding hydrogens is 337 g/mol. The van der Waals surface area contributed by atoms with Crippen LogP contribution in [-0.2, 0) is 13.2 Å². The first-order valence-corrected chi connectivity index (χ1v) is 6.62. The lowest BCUT2D eigenvalue weighted by Crippen LogP contribution is -2.30. The van der Waals surface area contributed by atoms with Gasteiger partial charge in [0.2, 0.25) is 0 Å². The molecule has 0 saturated heterocycles. The number of nitrogens with one attached hydrogen (secondary N) is 1. The summed E-state index contributed by atoms with van der Waals surface area (Å²) < 4.78 is 66.2. The molecule has 1 unspecified atom stereocenters. The van der Waals surface area contributed by atoms with Crippen molar-refractivity contribution in [2.45, 2.75) is 12.3 Å². The van der Waals surface area contributed by atoms with Crippen molar-refractivity contribution in [2.24, 2.45) is 7.05 Å². The molecule has 1 aromatic carbocycles. The molecule has 0 aliphatic carbocycles. The number of aliphatic hydroxyl groups is 1. The molecule has 24 heavy (non-hydrogen) atoms. The average molecular weight is 349 g/mol. The van der Waals surface area contributed by atoms with E-state index in [0.29, 0.717) is 0 Å². The van der Waals surface area contributed by atoms with Crippen LogP contribution < -0.4 is 5.32 Å². The van der Waals surface area contributed by atoms with Crippen LogP contribution in [0.4, 0.5) is 22.0 Å². The number of aryl methyl sites for hydroxylation is 1. The largest absolute Gasteiger partial charge is 0.435 e. The third-order valence-electron chi connectivity index (χ3n) is 3.13. The van der Waals surface area contributed by atoms with E-state index >= 15 is 0 Å². The SMILES string of the molecule is Cn1cc(C(=O)NCC(O)c2c(F)cccc2F)c(C(F)(F)F)n1. The quantitative estimate of drug-likeness (QED) is 0.832. The topological polar surface area (TPSA) is 67.2 Å². The number of rotatable bonds is 4. The Bertz CT molecular complexity index is 737. The third-order valence-corrected chi connectivity index (χ3v) is 3.13. The summed E-state index contributed by atoms with van der Waals surface area (Å²) in [5, 5.41) is 14.9. The average Bonchev–Trinajstić information content (AvgIpc) is 2.87. The molecule has 10 heteroatoms. The molecule has 2 rings (SSSR count). The van der Waals surface area contributed by atoms with Crippen LogP contribution in [-0.4, -0.2) is 27.3 Å². The molecule has 130 valence electrons. The molecule has 0 aliphatic heterocycles. The van der Waals surface area contributed by atoms with Crippen molar-refractivity contribution < 1.29 is 31.9 Å². The van der Waals surface area contributed by atoms with Gasteiger partial charge in [0.25, 0.3) is 5.91 Å². The van der Waals surface area contributed by atoms with Crippen molar-refractivity contribution in [3.05, 3.63) is 52.9 Å². The van der Waals surface area contributed by atoms with Crippen LogP contribution >= 0.6 is 0 Å². The van der Waals surface area contributed by atoms with Crippen molar-refractivity contribution in [3.63, 3.8) is 0 Å². The van der Waals surface area contributed by atoms with E-state index in [1.165, 1.54) is 7.05 Å². The highest BCUT2D eigenvalue weighted by Crippen LogP contribution is 2.30. The van der Waals surface area contributed by atoms with E-state index in [-0.39, 0.29) is 0 Å². The van der Waals surface area contributed by atoms with Gasteiger partial charge in [-0.3, -0.25) is 9.48 Å². The number of alkyl halides is 3. The van der Waals surface area contributed by atoms with Crippen LogP contribution in [0.1, 0.15) is 27.7 Å². The minimum absolute atomic E-state index is 0.678. The van der Waals surface area contributed by atoms with Gasteiger partial charge in [-0.2, -0.15) is 18.3 Å². The number of carbonyl (C=O) groups is 1. The van der Waals surface area contributed by atoms with E-state index in [1.807, 2.05) is 5.32 Å². The number of aliphatic hydroxyl groups excluding tert-OH is 1. The molecule has 0 aliphatic rings. The summed E-state index contributed by atoms with van der Waals surface area (Å²) in [5.41, 5.74) is -2.83. The molecule has 0 fully saturated rings. The summed E-state index contributed by atoms with van der Waals surface area (Å²) >= 11 is 0. The normalized spacial score (nSPS) is 13.0. The van der Waals surface area contributed by atoms with Crippen LogP contribution in [0.15, 0.2) is 24.4 Å². The van der Waals surface area contributed by atoms with Gasteiger partial charge in [0.15, 0.2) is 5.69 Å². The maximum absolute atomic E-state index is 13.5. The molecule has 0 saturated carbocycles. The van der Waals surface area contributed by atoms with Crippen molar-refractivity contribution >= 4 is 5.91 Å². The van der Waals surface area contributed by atoms with Crippen LogP contribution in [0.5, 0.6) is 0 Å². The van der Waals surface area contributed by atoms with Crippen molar-refractivity contribution in [1.82, 2.24) is 15.1 Å². The van der Waals surface area contributed by atoms with E-state index in [9.17, 15) is 31.9 Å². The maximum atomic E-state index is 13.5. The van der Waals surface area contributed by atoms with E-state index in [0.717, 1.165) is 29.1 Å². The number of carbonyl (C=O) groups excluding carboxylic acids is 1. The number of amides is 1. The van der Waals surface area contributed by atoms with E-state index in [1.54, 1.807) is 0 Å². The van der Waals surface area contributed by atoms with Gasteiger partial charge in [0, 0.05) is 19.8 Å². The van der Waals surface area contributed by atoms with E-state index in [4.69, 9.17) is 0 Å². The first-order valence-electron chi connectivity index (χ1n) is 6.62. The molecule has 1 heterocycles. The summed E-state index contributed by atoms with van der Waals surface area (Å²) in [7, 11) is 1.20. The van der Waals surface area contributed by atoms with Crippen molar-refractivity contribution in [3.8, 4) is 0 Å². The number of nitrogens with zero attached hydrogens (tertiary/aromatic N) is 2. The molecule has 2 aromatic rings. The van der Waals surface area contributed by atoms with Crippen molar-refractivity contribution in [2.75, 3.05) is 6.54 Å². The Morgan fingerprint density at radius 1 is 1.33 bits per heavy atom. The lowest BCUT2D eigenvalue weighted by molar-refractivity contribution is -0.141. The van der Waals surface area contributed by atoms with Gasteiger partial charge in [-0.15, -0.1) is 0 Å². The predicted molar refractivity (Wildman–Crippen MR) is 71.9 cm³/mol. The van der Waals surface area contributed by atoms with Crippen LogP contribution in [0.25, 0.3) is 0 Å². The summed E-state index contributed by atoms with van der Waals surface area (Å²) in [5.74, 6) is -3.24. The highest BCUT2D eigenvalue weighted by atomic mass is 19.4. The fourth-order valence-electron chi connectivity index (χ4n) is 2.08. The Kier molecular flexibility index (Phi) is 4.88. The molecule has 1 aromatic heterocycles. The highest BCUT2D eigenvalue weighted by Gasteiger charge is 2.39. The van der Waals surface area contributed by atoms with Crippen LogP contribution in [0, 0.1) is 11.6 Å². The summed E-state index contributed by atoms with van der Waals surface area (Å²) in [6.45, 7) is -0.678. The second kappa shape index (κ2) is 6.56. The molecule has 1 atom stereocenters. The van der Waals surface area contributed by atoms with Crippen molar-refractivity contribution in [1.29, 1.82) is 0 Å². The molecule has 5 nitrogen and oxygen atoms in total. The summed E-state index contributed by atoms with van der Waals surface area (Å²) in [6, 6.07) is 2.91. The fourth-order valence-corrected chi connectivity index (χ4v) is 2.08. The fraction of sp³-hybridized carbons (Fsp3) is 0.286. The Balaban J connectivity index is 2.14. The lowest BCUT2D eigenvalue weighted by Gasteiger charge is -2.14. The Labute approximate surface area is 132 Å². The molecular formula is C14H12F5N3O2. The molecule has 2 N–H and O–H groups in total. The minimum Gasteiger partial charge on any atom is -0.386 e. The molecule has 0 spiro atoms. The molecule has 0 bridgehead atoms. The highest BCUT2D eigenvalue weighted by molar-refractivity contribution is 5.95. The zero-order valence-corrected chi connectivity index (χ0v) is 12.2. The number of aromatic nitrogens is 2. The lowest BCUT2D eigenvalue weighted by atomic mass is 10.1. The van der Waals surface area contributed by atoms with Gasteiger partial charge in [-0.1, -0.05) is 6.07 Å². The Hall–Kier alpha value is -2.49. The first-order chi connectivity index (χ1) is 11.1. The zero-order chi connectivity index (χ0) is 18.1. The van der Waals surface area contributed by atoms with E-state index in [2.05, 4.69) is 5.10 Å². The van der Waals surface area contributed by atoms with Gasteiger partial charge in [-0.05, 0) is 12.1 Å². The van der Waals surface area contributed by atoms with Crippen LogP contribution in [0.3, 0.4) is 0 Å². The van der Waals surface area contributed by atoms with E-state index < -0.39 is 53.2 Å². The molecule has 0 radical (unpaired) electrons. The first kappa shape index (κ1) is 17.9. The summed E-state index contributed by atoms with van der Waals surface area (Å²) in [4.78, 5) is 11.9. The Morgan fingerprint density at radius 2 is 1.92 bits per heavy atom. The number of hydrogen-bond acceptors (Lipinski definition) is 3. The summed E-state index contributed by atoms with van der Waals surface area (Å²) in [6.07, 6.45) is -5.75. The number of halogens is 5. The standard InChI is InChI=1S/C14H12F5N3O2/c1-22-6-7(12(21-22)14(17,18)19)13(24)20-5-10(23)11-8(15)3-2-4-9(11)16/h2-4,6,10,23H,5H2,1H3,(H,20,24). The smallest absolute Gasteiger partial charge is 0.386 e. The zero-order valence-electron chi connectivity index (χ0n) is 12.2.